The van der Waals surface area contributed by atoms with Crippen molar-refractivity contribution in [2.45, 2.75) is 24.5 Å². The molecule has 8 heteroatoms. The first-order valence-electron chi connectivity index (χ1n) is 8.63. The smallest absolute Gasteiger partial charge is 0.237 e. The minimum Gasteiger partial charge on any atom is -0.497 e. The lowest BCUT2D eigenvalue weighted by atomic mass is 10.1. The Balaban J connectivity index is 1.48. The zero-order valence-electron chi connectivity index (χ0n) is 15.1. The van der Waals surface area contributed by atoms with Crippen molar-refractivity contribution in [2.75, 3.05) is 17.8 Å². The van der Waals surface area contributed by atoms with E-state index in [2.05, 4.69) is 28.5 Å². The quantitative estimate of drug-likeness (QED) is 0.633. The van der Waals surface area contributed by atoms with Crippen LogP contribution in [0.25, 0.3) is 5.69 Å². The maximum absolute atomic E-state index is 12.9. The van der Waals surface area contributed by atoms with Crippen molar-refractivity contribution in [3.05, 3.63) is 54.1 Å². The summed E-state index contributed by atoms with van der Waals surface area (Å²) in [5.74, 6) is 1.09. The number of carbonyl (C=O) groups is 1. The number of amides is 1. The van der Waals surface area contributed by atoms with Crippen LogP contribution in [0.1, 0.15) is 12.5 Å². The summed E-state index contributed by atoms with van der Waals surface area (Å²) in [5.41, 5.74) is 3.03. The van der Waals surface area contributed by atoms with E-state index in [0.717, 1.165) is 23.5 Å². The molecule has 0 bridgehead atoms. The SMILES string of the molecule is COc1ccc(-n2nnnc2SCC(=O)N2c3ccccc3C[C@@H]2C)cc1. The van der Waals surface area contributed by atoms with Gasteiger partial charge in [-0.1, -0.05) is 30.0 Å². The van der Waals surface area contributed by atoms with Crippen molar-refractivity contribution in [3.63, 3.8) is 0 Å². The van der Waals surface area contributed by atoms with Gasteiger partial charge in [0.05, 0.1) is 18.6 Å². The Morgan fingerprint density at radius 2 is 2.00 bits per heavy atom. The van der Waals surface area contributed by atoms with Crippen molar-refractivity contribution in [1.29, 1.82) is 0 Å². The molecule has 4 rings (SSSR count). The van der Waals surface area contributed by atoms with Gasteiger partial charge in [-0.2, -0.15) is 4.68 Å². The third kappa shape index (κ3) is 3.40. The number of nitrogens with zero attached hydrogens (tertiary/aromatic N) is 5. The Morgan fingerprint density at radius 1 is 1.22 bits per heavy atom. The normalized spacial score (nSPS) is 15.6. The second-order valence-electron chi connectivity index (χ2n) is 6.31. The first-order valence-corrected chi connectivity index (χ1v) is 9.61. The molecule has 27 heavy (non-hydrogen) atoms. The molecular weight excluding hydrogens is 362 g/mol. The van der Waals surface area contributed by atoms with Gasteiger partial charge in [0.15, 0.2) is 0 Å². The summed E-state index contributed by atoms with van der Waals surface area (Å²) < 4.78 is 6.80. The highest BCUT2D eigenvalue weighted by molar-refractivity contribution is 7.99. The van der Waals surface area contributed by atoms with Gasteiger partial charge >= 0.3 is 0 Å². The zero-order valence-corrected chi connectivity index (χ0v) is 15.9. The fourth-order valence-corrected chi connectivity index (χ4v) is 4.05. The minimum atomic E-state index is 0.0572. The molecule has 138 valence electrons. The maximum Gasteiger partial charge on any atom is 0.237 e. The molecule has 1 aromatic heterocycles. The number of aromatic nitrogens is 4. The number of methoxy groups -OCH3 is 1. The molecule has 0 saturated heterocycles. The summed E-state index contributed by atoms with van der Waals surface area (Å²) in [5, 5.41) is 12.4. The molecule has 0 radical (unpaired) electrons. The van der Waals surface area contributed by atoms with Crippen LogP contribution < -0.4 is 9.64 Å². The first kappa shape index (κ1) is 17.5. The molecule has 1 atom stereocenters. The van der Waals surface area contributed by atoms with Gasteiger partial charge in [-0.05, 0) is 59.7 Å². The Bertz CT molecular complexity index is 957. The summed E-state index contributed by atoms with van der Waals surface area (Å²) in [7, 11) is 1.62. The number of ether oxygens (including phenoxy) is 1. The van der Waals surface area contributed by atoms with E-state index in [0.29, 0.717) is 5.16 Å². The standard InChI is InChI=1S/C19H19N5O2S/c1-13-11-14-5-3-4-6-17(14)23(13)18(25)12-27-19-20-21-22-24(19)15-7-9-16(26-2)10-8-15/h3-10,13H,11-12H2,1-2H3/t13-/m0/s1. The van der Waals surface area contributed by atoms with Gasteiger partial charge in [-0.3, -0.25) is 4.79 Å². The van der Waals surface area contributed by atoms with Crippen LogP contribution in [0.5, 0.6) is 5.75 Å². The van der Waals surface area contributed by atoms with Crippen LogP contribution >= 0.6 is 11.8 Å². The highest BCUT2D eigenvalue weighted by Gasteiger charge is 2.30. The van der Waals surface area contributed by atoms with Gasteiger partial charge in [0, 0.05) is 11.7 Å². The second-order valence-corrected chi connectivity index (χ2v) is 7.25. The minimum absolute atomic E-state index is 0.0572. The fourth-order valence-electron chi connectivity index (χ4n) is 3.30. The van der Waals surface area contributed by atoms with Crippen molar-refractivity contribution in [1.82, 2.24) is 20.2 Å². The van der Waals surface area contributed by atoms with E-state index < -0.39 is 0 Å². The molecule has 3 aromatic rings. The van der Waals surface area contributed by atoms with Gasteiger partial charge in [-0.25, -0.2) is 0 Å². The number of rotatable bonds is 5. The maximum atomic E-state index is 12.9. The van der Waals surface area contributed by atoms with E-state index in [1.165, 1.54) is 17.3 Å². The van der Waals surface area contributed by atoms with Crippen molar-refractivity contribution >= 4 is 23.4 Å². The Labute approximate surface area is 161 Å². The number of hydrogen-bond acceptors (Lipinski definition) is 6. The Hall–Kier alpha value is -2.87. The lowest BCUT2D eigenvalue weighted by Crippen LogP contribution is -2.37. The van der Waals surface area contributed by atoms with Gasteiger partial charge < -0.3 is 9.64 Å². The Morgan fingerprint density at radius 3 is 2.78 bits per heavy atom. The van der Waals surface area contributed by atoms with Crippen LogP contribution in [0.3, 0.4) is 0 Å². The second kappa shape index (κ2) is 7.40. The summed E-state index contributed by atoms with van der Waals surface area (Å²) >= 11 is 1.33. The number of benzene rings is 2. The molecule has 7 nitrogen and oxygen atoms in total. The van der Waals surface area contributed by atoms with Crippen LogP contribution in [0.4, 0.5) is 5.69 Å². The van der Waals surface area contributed by atoms with E-state index in [1.807, 2.05) is 47.4 Å². The summed E-state index contributed by atoms with van der Waals surface area (Å²) in [6.07, 6.45) is 0.885. The highest BCUT2D eigenvalue weighted by atomic mass is 32.2. The zero-order chi connectivity index (χ0) is 18.8. The number of anilines is 1. The lowest BCUT2D eigenvalue weighted by Gasteiger charge is -2.22. The number of tetrazole rings is 1. The summed E-state index contributed by atoms with van der Waals surface area (Å²) in [4.78, 5) is 14.7. The molecule has 1 amide bonds. The topological polar surface area (TPSA) is 73.1 Å². The average molecular weight is 381 g/mol. The van der Waals surface area contributed by atoms with Gasteiger partial charge in [-0.15, -0.1) is 5.10 Å². The number of para-hydroxylation sites is 1. The van der Waals surface area contributed by atoms with Crippen molar-refractivity contribution < 1.29 is 9.53 Å². The molecule has 1 aliphatic heterocycles. The summed E-state index contributed by atoms with van der Waals surface area (Å²) in [6.45, 7) is 2.07. The van der Waals surface area contributed by atoms with E-state index >= 15 is 0 Å². The molecule has 0 spiro atoms. The van der Waals surface area contributed by atoms with Crippen LogP contribution in [0.2, 0.25) is 0 Å². The van der Waals surface area contributed by atoms with E-state index in [4.69, 9.17) is 4.74 Å². The lowest BCUT2D eigenvalue weighted by molar-refractivity contribution is -0.116. The van der Waals surface area contributed by atoms with Gasteiger partial charge in [0.2, 0.25) is 11.1 Å². The molecular formula is C19H19N5O2S. The molecule has 2 aromatic carbocycles. The number of fused-ring (bicyclic) bond motifs is 1. The van der Waals surface area contributed by atoms with Crippen LogP contribution in [-0.4, -0.2) is 45.0 Å². The van der Waals surface area contributed by atoms with Crippen LogP contribution in [0.15, 0.2) is 53.7 Å². The summed E-state index contributed by atoms with van der Waals surface area (Å²) in [6, 6.07) is 15.7. The Kier molecular flexibility index (Phi) is 4.81. The fraction of sp³-hybridized carbons (Fsp3) is 0.263. The molecule has 0 aliphatic carbocycles. The molecule has 2 heterocycles. The first-order chi connectivity index (χ1) is 13.2. The predicted molar refractivity (Wildman–Crippen MR) is 104 cm³/mol. The number of hydrogen-bond donors (Lipinski definition) is 0. The highest BCUT2D eigenvalue weighted by Crippen LogP contribution is 2.32. The molecule has 0 unspecified atom stereocenters. The monoisotopic (exact) mass is 381 g/mol. The van der Waals surface area contributed by atoms with Crippen molar-refractivity contribution in [2.24, 2.45) is 0 Å². The van der Waals surface area contributed by atoms with Gasteiger partial charge in [0.25, 0.3) is 0 Å². The predicted octanol–water partition coefficient (Wildman–Crippen LogP) is 2.74. The molecule has 0 saturated carbocycles. The largest absolute Gasteiger partial charge is 0.497 e. The third-order valence-electron chi connectivity index (χ3n) is 4.56. The third-order valence-corrected chi connectivity index (χ3v) is 5.46. The molecule has 1 aliphatic rings. The van der Waals surface area contributed by atoms with Crippen LogP contribution in [-0.2, 0) is 11.2 Å². The molecule has 0 fully saturated rings. The number of carbonyl (C=O) groups excluding carboxylic acids is 1. The average Bonchev–Trinajstić information content (AvgIpc) is 3.29. The molecule has 0 N–H and O–H groups in total. The van der Waals surface area contributed by atoms with Crippen LogP contribution in [0, 0.1) is 0 Å². The van der Waals surface area contributed by atoms with E-state index in [1.54, 1.807) is 11.8 Å². The van der Waals surface area contributed by atoms with E-state index in [-0.39, 0.29) is 17.7 Å². The van der Waals surface area contributed by atoms with Crippen molar-refractivity contribution in [3.8, 4) is 11.4 Å². The van der Waals surface area contributed by atoms with Gasteiger partial charge in [0.1, 0.15) is 5.75 Å². The van der Waals surface area contributed by atoms with E-state index in [9.17, 15) is 4.79 Å². The number of thioether (sulfide) groups is 1.